The van der Waals surface area contributed by atoms with Crippen LogP contribution in [0.5, 0.6) is 11.5 Å². The predicted molar refractivity (Wildman–Crippen MR) is 91.2 cm³/mol. The molecule has 4 nitrogen and oxygen atoms in total. The van der Waals surface area contributed by atoms with Crippen molar-refractivity contribution in [1.29, 1.82) is 0 Å². The van der Waals surface area contributed by atoms with Crippen LogP contribution >= 0.6 is 0 Å². The average Bonchev–Trinajstić information content (AvgIpc) is 2.57. The van der Waals surface area contributed by atoms with Crippen molar-refractivity contribution in [2.24, 2.45) is 0 Å². The zero-order valence-corrected chi connectivity index (χ0v) is 14.3. The maximum absolute atomic E-state index is 13.6. The number of carbonyl (C=O) groups excluding carboxylic acids is 1. The Morgan fingerprint density at radius 1 is 1.00 bits per heavy atom. The van der Waals surface area contributed by atoms with Crippen LogP contribution in [0.3, 0.4) is 0 Å². The lowest BCUT2D eigenvalue weighted by Crippen LogP contribution is -2.27. The Morgan fingerprint density at radius 3 is 2.28 bits per heavy atom. The minimum Gasteiger partial charge on any atom is -0.490 e. The molecule has 0 aromatic heterocycles. The lowest BCUT2D eigenvalue weighted by atomic mass is 10.1. The molecule has 2 rings (SSSR count). The van der Waals surface area contributed by atoms with E-state index in [1.165, 1.54) is 6.07 Å². The van der Waals surface area contributed by atoms with Crippen LogP contribution in [-0.2, 0) is 6.42 Å². The predicted octanol–water partition coefficient (Wildman–Crippen LogP) is 3.73. The number of rotatable bonds is 8. The minimum atomic E-state index is -0.878. The minimum absolute atomic E-state index is 0.242. The fourth-order valence-corrected chi connectivity index (χ4v) is 2.37. The maximum atomic E-state index is 13.6. The molecule has 0 radical (unpaired) electrons. The molecule has 0 unspecified atom stereocenters. The van der Waals surface area contributed by atoms with Crippen molar-refractivity contribution >= 4 is 5.91 Å². The van der Waals surface area contributed by atoms with E-state index in [1.807, 2.05) is 32.0 Å². The van der Waals surface area contributed by atoms with Crippen LogP contribution in [-0.4, -0.2) is 25.7 Å². The number of ether oxygens (including phenoxy) is 2. The third kappa shape index (κ3) is 4.92. The summed E-state index contributed by atoms with van der Waals surface area (Å²) >= 11 is 0. The van der Waals surface area contributed by atoms with Gasteiger partial charge in [-0.2, -0.15) is 0 Å². The largest absolute Gasteiger partial charge is 0.490 e. The van der Waals surface area contributed by atoms with Crippen molar-refractivity contribution < 1.29 is 23.0 Å². The highest BCUT2D eigenvalue weighted by Crippen LogP contribution is 2.28. The molecule has 0 fully saturated rings. The van der Waals surface area contributed by atoms with Gasteiger partial charge in [-0.1, -0.05) is 12.1 Å². The molecule has 0 saturated carbocycles. The van der Waals surface area contributed by atoms with Crippen LogP contribution in [0.15, 0.2) is 36.4 Å². The van der Waals surface area contributed by atoms with Gasteiger partial charge < -0.3 is 14.8 Å². The van der Waals surface area contributed by atoms with Gasteiger partial charge in [-0.3, -0.25) is 4.79 Å². The summed E-state index contributed by atoms with van der Waals surface area (Å²) < 4.78 is 38.2. The highest BCUT2D eigenvalue weighted by Gasteiger charge is 2.16. The first-order valence-electron chi connectivity index (χ1n) is 8.17. The molecule has 0 aliphatic rings. The van der Waals surface area contributed by atoms with E-state index < -0.39 is 23.1 Å². The van der Waals surface area contributed by atoms with Crippen molar-refractivity contribution in [2.75, 3.05) is 19.8 Å². The summed E-state index contributed by atoms with van der Waals surface area (Å²) in [6, 6.07) is 8.84. The number of hydrogen-bond donors (Lipinski definition) is 1. The summed E-state index contributed by atoms with van der Waals surface area (Å²) in [5, 5.41) is 2.53. The van der Waals surface area contributed by atoms with Gasteiger partial charge in [0.2, 0.25) is 0 Å². The fourth-order valence-electron chi connectivity index (χ4n) is 2.37. The molecule has 0 bridgehead atoms. The van der Waals surface area contributed by atoms with Gasteiger partial charge in [-0.25, -0.2) is 8.78 Å². The number of halogens is 2. The Kier molecular flexibility index (Phi) is 6.74. The molecule has 6 heteroatoms. The molecule has 2 aromatic rings. The SMILES string of the molecule is CCOc1ccc(CCNC(=O)c2c(F)cccc2F)cc1OCC. The van der Waals surface area contributed by atoms with Gasteiger partial charge in [-0.05, 0) is 50.1 Å². The van der Waals surface area contributed by atoms with Gasteiger partial charge in [0.1, 0.15) is 17.2 Å². The van der Waals surface area contributed by atoms with Crippen LogP contribution in [0.25, 0.3) is 0 Å². The zero-order chi connectivity index (χ0) is 18.2. The fraction of sp³-hybridized carbons (Fsp3) is 0.316. The Labute approximate surface area is 145 Å². The molecule has 0 heterocycles. The molecular formula is C19H21F2NO3. The van der Waals surface area contributed by atoms with Crippen LogP contribution in [0.4, 0.5) is 8.78 Å². The number of hydrogen-bond acceptors (Lipinski definition) is 3. The highest BCUT2D eigenvalue weighted by molar-refractivity contribution is 5.94. The summed E-state index contributed by atoms with van der Waals surface area (Å²) in [4.78, 5) is 11.9. The standard InChI is InChI=1S/C19H21F2NO3/c1-3-24-16-9-8-13(12-17(16)25-4-2)10-11-22-19(23)18-14(20)6-5-7-15(18)21/h5-9,12H,3-4,10-11H2,1-2H3,(H,22,23). The molecule has 1 N–H and O–H groups in total. The first-order chi connectivity index (χ1) is 12.1. The molecule has 0 atom stereocenters. The highest BCUT2D eigenvalue weighted by atomic mass is 19.1. The van der Waals surface area contributed by atoms with E-state index in [2.05, 4.69) is 5.32 Å². The molecule has 0 aliphatic carbocycles. The van der Waals surface area contributed by atoms with E-state index >= 15 is 0 Å². The van der Waals surface area contributed by atoms with Crippen LogP contribution in [0, 0.1) is 11.6 Å². The third-order valence-electron chi connectivity index (χ3n) is 3.50. The van der Waals surface area contributed by atoms with E-state index in [1.54, 1.807) is 0 Å². The van der Waals surface area contributed by atoms with E-state index in [9.17, 15) is 13.6 Å². The topological polar surface area (TPSA) is 47.6 Å². The molecule has 1 amide bonds. The van der Waals surface area contributed by atoms with Gasteiger partial charge in [0.15, 0.2) is 11.5 Å². The summed E-state index contributed by atoms with van der Waals surface area (Å²) in [5.41, 5.74) is 0.352. The van der Waals surface area contributed by atoms with Crippen LogP contribution in [0.1, 0.15) is 29.8 Å². The van der Waals surface area contributed by atoms with E-state index in [0.29, 0.717) is 31.1 Å². The van der Waals surface area contributed by atoms with Gasteiger partial charge in [0.05, 0.1) is 13.2 Å². The second kappa shape index (κ2) is 9.01. The van der Waals surface area contributed by atoms with Gasteiger partial charge >= 0.3 is 0 Å². The quantitative estimate of drug-likeness (QED) is 0.790. The zero-order valence-electron chi connectivity index (χ0n) is 14.3. The van der Waals surface area contributed by atoms with Crippen LogP contribution < -0.4 is 14.8 Å². The van der Waals surface area contributed by atoms with E-state index in [4.69, 9.17) is 9.47 Å². The Bertz CT molecular complexity index is 714. The monoisotopic (exact) mass is 349 g/mol. The lowest BCUT2D eigenvalue weighted by Gasteiger charge is -2.13. The van der Waals surface area contributed by atoms with Crippen molar-refractivity contribution in [3.8, 4) is 11.5 Å². The number of nitrogens with one attached hydrogen (secondary N) is 1. The number of carbonyl (C=O) groups is 1. The van der Waals surface area contributed by atoms with E-state index in [-0.39, 0.29) is 6.54 Å². The number of benzene rings is 2. The summed E-state index contributed by atoms with van der Waals surface area (Å²) in [6.07, 6.45) is 0.494. The molecule has 0 saturated heterocycles. The summed E-state index contributed by atoms with van der Waals surface area (Å²) in [6.45, 7) is 5.05. The lowest BCUT2D eigenvalue weighted by molar-refractivity contribution is 0.0945. The smallest absolute Gasteiger partial charge is 0.257 e. The van der Waals surface area contributed by atoms with Gasteiger partial charge in [-0.15, -0.1) is 0 Å². The molecule has 0 spiro atoms. The first-order valence-corrected chi connectivity index (χ1v) is 8.17. The molecule has 134 valence electrons. The molecule has 25 heavy (non-hydrogen) atoms. The second-order valence-corrected chi connectivity index (χ2v) is 5.25. The van der Waals surface area contributed by atoms with Crippen molar-refractivity contribution in [1.82, 2.24) is 5.32 Å². The van der Waals surface area contributed by atoms with Crippen molar-refractivity contribution in [3.05, 3.63) is 59.2 Å². The van der Waals surface area contributed by atoms with Gasteiger partial charge in [0, 0.05) is 6.54 Å². The van der Waals surface area contributed by atoms with Crippen LogP contribution in [0.2, 0.25) is 0 Å². The first kappa shape index (κ1) is 18.7. The average molecular weight is 349 g/mol. The summed E-state index contributed by atoms with van der Waals surface area (Å²) in [7, 11) is 0. The summed E-state index contributed by atoms with van der Waals surface area (Å²) in [5.74, 6) is -1.24. The normalized spacial score (nSPS) is 10.4. The van der Waals surface area contributed by atoms with Crippen molar-refractivity contribution in [3.63, 3.8) is 0 Å². The molecule has 2 aromatic carbocycles. The third-order valence-corrected chi connectivity index (χ3v) is 3.50. The Balaban J connectivity index is 1.99. The van der Waals surface area contributed by atoms with E-state index in [0.717, 1.165) is 17.7 Å². The Morgan fingerprint density at radius 2 is 1.64 bits per heavy atom. The maximum Gasteiger partial charge on any atom is 0.257 e. The molecule has 0 aliphatic heterocycles. The number of amides is 1. The second-order valence-electron chi connectivity index (χ2n) is 5.25. The van der Waals surface area contributed by atoms with Crippen molar-refractivity contribution in [2.45, 2.75) is 20.3 Å². The van der Waals surface area contributed by atoms with Gasteiger partial charge in [0.25, 0.3) is 5.91 Å². The Hall–Kier alpha value is -2.63. The molecular weight excluding hydrogens is 328 g/mol.